The Hall–Kier alpha value is -4.30. The lowest BCUT2D eigenvalue weighted by molar-refractivity contribution is -0.132. The maximum Gasteiger partial charge on any atom is 0.333 e. The molecule has 0 saturated heterocycles. The zero-order chi connectivity index (χ0) is 20.2. The van der Waals surface area contributed by atoms with E-state index in [1.165, 1.54) is 6.08 Å². The number of hydrogen-bond acceptors (Lipinski definition) is 3. The molecule has 0 spiro atoms. The second kappa shape index (κ2) is 7.75. The quantitative estimate of drug-likeness (QED) is 0.328. The molecule has 0 aliphatic carbocycles. The van der Waals surface area contributed by atoms with E-state index < -0.39 is 5.97 Å². The maximum atomic E-state index is 11.1. The molecule has 0 bridgehead atoms. The van der Waals surface area contributed by atoms with E-state index in [4.69, 9.17) is 16.1 Å². The molecule has 0 amide bonds. The zero-order valence-corrected chi connectivity index (χ0v) is 15.3. The fourth-order valence-corrected chi connectivity index (χ4v) is 3.13. The molecule has 0 radical (unpaired) electrons. The van der Waals surface area contributed by atoms with Crippen LogP contribution in [0.3, 0.4) is 0 Å². The lowest BCUT2D eigenvalue weighted by atomic mass is 10.1. The van der Waals surface area contributed by atoms with Crippen LogP contribution in [0, 0.1) is 6.57 Å². The Morgan fingerprint density at radius 3 is 2.07 bits per heavy atom. The maximum absolute atomic E-state index is 11.1. The molecule has 0 fully saturated rings. The van der Waals surface area contributed by atoms with Crippen molar-refractivity contribution in [2.24, 2.45) is 0 Å². The molecule has 1 aromatic heterocycles. The fourth-order valence-electron chi connectivity index (χ4n) is 3.13. The lowest BCUT2D eigenvalue weighted by Crippen LogP contribution is -2.09. The summed E-state index contributed by atoms with van der Waals surface area (Å²) in [7, 11) is 0. The number of carbonyl (C=O) groups is 1. The van der Waals surface area contributed by atoms with E-state index in [1.54, 1.807) is 6.07 Å². The van der Waals surface area contributed by atoms with Crippen LogP contribution in [-0.4, -0.2) is 11.1 Å². The van der Waals surface area contributed by atoms with E-state index in [2.05, 4.69) is 9.74 Å². The largest absolute Gasteiger partial charge is 0.486 e. The molecule has 0 aliphatic rings. The molecule has 0 aliphatic heterocycles. The van der Waals surface area contributed by atoms with Crippen molar-refractivity contribution in [3.05, 3.63) is 108 Å². The molecule has 5 nitrogen and oxygen atoms in total. The highest BCUT2D eigenvalue weighted by molar-refractivity contribution is 5.95. The Morgan fingerprint density at radius 2 is 1.52 bits per heavy atom. The summed E-state index contributed by atoms with van der Waals surface area (Å²) in [5, 5.41) is 9.88. The Labute approximate surface area is 167 Å². The van der Waals surface area contributed by atoms with Gasteiger partial charge in [0, 0.05) is 28.5 Å². The van der Waals surface area contributed by atoms with Crippen molar-refractivity contribution >= 4 is 40.1 Å². The van der Waals surface area contributed by atoms with Gasteiger partial charge >= 0.3 is 5.97 Å². The van der Waals surface area contributed by atoms with Gasteiger partial charge in [0.1, 0.15) is 11.3 Å². The van der Waals surface area contributed by atoms with Crippen molar-refractivity contribution in [3.63, 3.8) is 0 Å². The summed E-state index contributed by atoms with van der Waals surface area (Å²) >= 11 is 0. The molecular weight excluding hydrogens is 364 g/mol. The first kappa shape index (κ1) is 18.1. The molecule has 4 aromatic rings. The average molecular weight is 380 g/mol. The van der Waals surface area contributed by atoms with Crippen LogP contribution in [0.2, 0.25) is 0 Å². The first-order valence-corrected chi connectivity index (χ1v) is 8.92. The molecule has 3 aromatic carbocycles. The standard InChI is InChI=1S/C24H16N2O3/c1-25-22(24(27)28)16-21-14-17-12-13-20(15-23(17)29-21)26(18-8-4-2-5-9-18)19-10-6-3-7-11-19/h2-16H,(H,27,28)/b22-16-. The SMILES string of the molecule is [C-]#[N+]/C(=C\c1cc2ccc(N(c3ccccc3)c3ccccc3)cc2o1)C(=O)O. The Bertz CT molecular complexity index is 1200. The van der Waals surface area contributed by atoms with Crippen molar-refractivity contribution in [1.82, 2.24) is 0 Å². The van der Waals surface area contributed by atoms with E-state index in [1.807, 2.05) is 78.9 Å². The highest BCUT2D eigenvalue weighted by Crippen LogP contribution is 2.36. The summed E-state index contributed by atoms with van der Waals surface area (Å²) in [6.07, 6.45) is 1.24. The number of rotatable bonds is 5. The van der Waals surface area contributed by atoms with Crippen LogP contribution in [-0.2, 0) is 4.79 Å². The summed E-state index contributed by atoms with van der Waals surface area (Å²) in [4.78, 5) is 16.2. The van der Waals surface area contributed by atoms with Gasteiger partial charge in [0.05, 0.1) is 6.57 Å². The molecule has 29 heavy (non-hydrogen) atoms. The number of carboxylic acid groups (broad SMARTS) is 1. The number of benzene rings is 3. The third-order valence-corrected chi connectivity index (χ3v) is 4.43. The van der Waals surface area contributed by atoms with Gasteiger partial charge in [-0.25, -0.2) is 4.85 Å². The van der Waals surface area contributed by atoms with Gasteiger partial charge < -0.3 is 14.4 Å². The van der Waals surface area contributed by atoms with E-state index in [0.717, 1.165) is 22.4 Å². The molecule has 0 saturated carbocycles. The number of carboxylic acids is 1. The number of aliphatic carboxylic acids is 1. The summed E-state index contributed by atoms with van der Waals surface area (Å²) in [6, 6.07) is 27.5. The Morgan fingerprint density at radius 1 is 0.897 bits per heavy atom. The van der Waals surface area contributed by atoms with Gasteiger partial charge in [-0.15, -0.1) is 0 Å². The number of anilines is 3. The lowest BCUT2D eigenvalue weighted by Gasteiger charge is -2.25. The van der Waals surface area contributed by atoms with E-state index in [9.17, 15) is 4.79 Å². The van der Waals surface area contributed by atoms with Gasteiger partial charge in [-0.2, -0.15) is 0 Å². The van der Waals surface area contributed by atoms with E-state index >= 15 is 0 Å². The molecule has 0 unspecified atom stereocenters. The van der Waals surface area contributed by atoms with Crippen molar-refractivity contribution in [3.8, 4) is 0 Å². The summed E-state index contributed by atoms with van der Waals surface area (Å²) in [5.74, 6) is -0.947. The predicted octanol–water partition coefficient (Wildman–Crippen LogP) is 6.25. The Kier molecular flexibility index (Phi) is 4.83. The van der Waals surface area contributed by atoms with Crippen molar-refractivity contribution in [2.45, 2.75) is 0 Å². The van der Waals surface area contributed by atoms with Gasteiger partial charge in [-0.05, 0) is 48.5 Å². The van der Waals surface area contributed by atoms with Crippen LogP contribution in [0.4, 0.5) is 17.1 Å². The van der Waals surface area contributed by atoms with Crippen LogP contribution in [0.1, 0.15) is 5.76 Å². The van der Waals surface area contributed by atoms with Gasteiger partial charge in [0.25, 0.3) is 5.70 Å². The molecular formula is C24H16N2O3. The number of fused-ring (bicyclic) bond motifs is 1. The van der Waals surface area contributed by atoms with Crippen molar-refractivity contribution < 1.29 is 14.3 Å². The van der Waals surface area contributed by atoms with Crippen LogP contribution < -0.4 is 4.90 Å². The molecule has 1 heterocycles. The molecule has 0 atom stereocenters. The van der Waals surface area contributed by atoms with Crippen LogP contribution >= 0.6 is 0 Å². The van der Waals surface area contributed by atoms with Crippen LogP contribution in [0.15, 0.2) is 95.0 Å². The first-order valence-electron chi connectivity index (χ1n) is 8.92. The summed E-state index contributed by atoms with van der Waals surface area (Å²) in [6.45, 7) is 6.98. The normalized spacial score (nSPS) is 11.2. The predicted molar refractivity (Wildman–Crippen MR) is 113 cm³/mol. The van der Waals surface area contributed by atoms with Crippen molar-refractivity contribution in [2.75, 3.05) is 4.90 Å². The van der Waals surface area contributed by atoms with Gasteiger partial charge in [-0.1, -0.05) is 36.4 Å². The van der Waals surface area contributed by atoms with Crippen LogP contribution in [0.25, 0.3) is 21.9 Å². The monoisotopic (exact) mass is 380 g/mol. The molecule has 1 N–H and O–H groups in total. The minimum Gasteiger partial charge on any atom is -0.486 e. The highest BCUT2D eigenvalue weighted by atomic mass is 16.4. The minimum atomic E-state index is -1.28. The van der Waals surface area contributed by atoms with Crippen molar-refractivity contribution in [1.29, 1.82) is 0 Å². The third-order valence-electron chi connectivity index (χ3n) is 4.43. The number of furan rings is 1. The van der Waals surface area contributed by atoms with Gasteiger partial charge in [-0.3, -0.25) is 4.79 Å². The number of para-hydroxylation sites is 2. The Balaban J connectivity index is 1.81. The van der Waals surface area contributed by atoms with E-state index in [0.29, 0.717) is 11.3 Å². The second-order valence-corrected chi connectivity index (χ2v) is 6.32. The van der Waals surface area contributed by atoms with Gasteiger partial charge in [0.2, 0.25) is 0 Å². The molecule has 140 valence electrons. The average Bonchev–Trinajstić information content (AvgIpc) is 3.15. The highest BCUT2D eigenvalue weighted by Gasteiger charge is 2.14. The fraction of sp³-hybridized carbons (Fsp3) is 0. The van der Waals surface area contributed by atoms with Crippen LogP contribution in [0.5, 0.6) is 0 Å². The smallest absolute Gasteiger partial charge is 0.333 e. The first-order chi connectivity index (χ1) is 14.2. The zero-order valence-electron chi connectivity index (χ0n) is 15.3. The molecule has 4 rings (SSSR count). The summed E-state index contributed by atoms with van der Waals surface area (Å²) in [5.41, 5.74) is 3.14. The minimum absolute atomic E-state index is 0.330. The number of nitrogens with zero attached hydrogens (tertiary/aromatic N) is 2. The summed E-state index contributed by atoms with van der Waals surface area (Å²) < 4.78 is 5.80. The third kappa shape index (κ3) is 3.73. The van der Waals surface area contributed by atoms with E-state index in [-0.39, 0.29) is 5.70 Å². The van der Waals surface area contributed by atoms with Gasteiger partial charge in [0.15, 0.2) is 0 Å². The molecule has 5 heteroatoms. The topological polar surface area (TPSA) is 58.0 Å². The number of hydrogen-bond donors (Lipinski definition) is 1. The second-order valence-electron chi connectivity index (χ2n) is 6.32.